The molecular weight excluding hydrogens is 363 g/mol. The zero-order valence-electron chi connectivity index (χ0n) is 13.4. The number of amides is 1. The molecule has 0 aliphatic carbocycles. The average Bonchev–Trinajstić information content (AvgIpc) is 3.16. The molecule has 3 heterocycles. The molecule has 1 aliphatic heterocycles. The molecule has 1 saturated heterocycles. The number of benzene rings is 1. The van der Waals surface area contributed by atoms with Gasteiger partial charge in [0.2, 0.25) is 5.91 Å². The Morgan fingerprint density at radius 2 is 2.32 bits per heavy atom. The number of piperazine rings is 1. The third-order valence-corrected chi connectivity index (χ3v) is 5.04. The Morgan fingerprint density at radius 1 is 1.44 bits per heavy atom. The molecule has 1 N–H and O–H groups in total. The van der Waals surface area contributed by atoms with E-state index in [-0.39, 0.29) is 36.6 Å². The zero-order chi connectivity index (χ0) is 16.5. The van der Waals surface area contributed by atoms with Gasteiger partial charge in [0.15, 0.2) is 4.96 Å². The van der Waals surface area contributed by atoms with Crippen LogP contribution in [0.2, 0.25) is 0 Å². The third kappa shape index (κ3) is 3.68. The summed E-state index contributed by atoms with van der Waals surface area (Å²) in [7, 11) is 0. The maximum atomic E-state index is 13.5. The smallest absolute Gasteiger partial charge is 0.229 e. The molecule has 1 atom stereocenters. The molecule has 0 saturated carbocycles. The number of halogens is 2. The van der Waals surface area contributed by atoms with Gasteiger partial charge in [-0.05, 0) is 17.7 Å². The summed E-state index contributed by atoms with van der Waals surface area (Å²) in [4.78, 5) is 20.0. The van der Waals surface area contributed by atoms with Crippen molar-refractivity contribution in [2.75, 3.05) is 19.6 Å². The van der Waals surface area contributed by atoms with Crippen LogP contribution in [0.15, 0.2) is 42.0 Å². The molecule has 132 valence electrons. The van der Waals surface area contributed by atoms with Gasteiger partial charge < -0.3 is 10.2 Å². The molecule has 2 aromatic heterocycles. The zero-order valence-corrected chi connectivity index (χ0v) is 15.0. The summed E-state index contributed by atoms with van der Waals surface area (Å²) < 4.78 is 15.5. The van der Waals surface area contributed by atoms with Crippen LogP contribution in [0.5, 0.6) is 0 Å². The van der Waals surface area contributed by atoms with Crippen molar-refractivity contribution in [3.05, 3.63) is 59.1 Å². The minimum Gasteiger partial charge on any atom is -0.333 e. The van der Waals surface area contributed by atoms with Crippen LogP contribution >= 0.6 is 23.7 Å². The second-order valence-electron chi connectivity index (χ2n) is 5.86. The van der Waals surface area contributed by atoms with Crippen LogP contribution in [0.1, 0.15) is 17.3 Å². The molecule has 5 nitrogen and oxygen atoms in total. The van der Waals surface area contributed by atoms with Gasteiger partial charge in [-0.3, -0.25) is 9.20 Å². The Labute approximate surface area is 154 Å². The van der Waals surface area contributed by atoms with Crippen LogP contribution in [0.3, 0.4) is 0 Å². The van der Waals surface area contributed by atoms with Gasteiger partial charge in [0, 0.05) is 37.4 Å². The summed E-state index contributed by atoms with van der Waals surface area (Å²) in [6, 6.07) is 6.33. The van der Waals surface area contributed by atoms with Crippen molar-refractivity contribution in [3.8, 4) is 0 Å². The van der Waals surface area contributed by atoms with E-state index in [9.17, 15) is 9.18 Å². The van der Waals surface area contributed by atoms with E-state index in [0.29, 0.717) is 13.1 Å². The van der Waals surface area contributed by atoms with E-state index in [0.717, 1.165) is 22.8 Å². The molecule has 1 amide bonds. The lowest BCUT2D eigenvalue weighted by atomic mass is 10.0. The Bertz CT molecular complexity index is 852. The van der Waals surface area contributed by atoms with Crippen LogP contribution in [0.25, 0.3) is 4.96 Å². The van der Waals surface area contributed by atoms with Gasteiger partial charge in [0.25, 0.3) is 0 Å². The summed E-state index contributed by atoms with van der Waals surface area (Å²) in [6.07, 6.45) is 4.09. The predicted molar refractivity (Wildman–Crippen MR) is 97.7 cm³/mol. The van der Waals surface area contributed by atoms with Gasteiger partial charge in [-0.15, -0.1) is 23.7 Å². The van der Waals surface area contributed by atoms with Crippen molar-refractivity contribution in [3.63, 3.8) is 0 Å². The summed E-state index contributed by atoms with van der Waals surface area (Å²) in [6.45, 7) is 1.99. The molecule has 25 heavy (non-hydrogen) atoms. The number of hydrogen-bond acceptors (Lipinski definition) is 4. The highest BCUT2D eigenvalue weighted by Gasteiger charge is 2.28. The van der Waals surface area contributed by atoms with E-state index < -0.39 is 0 Å². The predicted octanol–water partition coefficient (Wildman–Crippen LogP) is 2.67. The fourth-order valence-electron chi connectivity index (χ4n) is 3.13. The number of imidazole rings is 1. The van der Waals surface area contributed by atoms with Crippen molar-refractivity contribution in [2.45, 2.75) is 12.5 Å². The van der Waals surface area contributed by atoms with Crippen LogP contribution in [-0.2, 0) is 11.2 Å². The Balaban J connectivity index is 0.00000182. The fourth-order valence-corrected chi connectivity index (χ4v) is 3.85. The first-order chi connectivity index (χ1) is 11.7. The third-order valence-electron chi connectivity index (χ3n) is 4.27. The van der Waals surface area contributed by atoms with Gasteiger partial charge in [-0.1, -0.05) is 12.1 Å². The lowest BCUT2D eigenvalue weighted by molar-refractivity contribution is -0.133. The first-order valence-corrected chi connectivity index (χ1v) is 8.75. The van der Waals surface area contributed by atoms with E-state index in [1.54, 1.807) is 17.4 Å². The maximum Gasteiger partial charge on any atom is 0.229 e. The monoisotopic (exact) mass is 380 g/mol. The lowest BCUT2D eigenvalue weighted by Gasteiger charge is -2.36. The summed E-state index contributed by atoms with van der Waals surface area (Å²) in [5.41, 5.74) is 1.59. The Morgan fingerprint density at radius 3 is 3.12 bits per heavy atom. The number of carbonyl (C=O) groups is 1. The van der Waals surface area contributed by atoms with Crippen molar-refractivity contribution >= 4 is 34.6 Å². The fraction of sp³-hybridized carbons (Fsp3) is 0.294. The molecule has 4 rings (SSSR count). The Kier molecular flexibility index (Phi) is 5.36. The molecular formula is C17H18ClFN4OS. The number of nitrogens with zero attached hydrogens (tertiary/aromatic N) is 3. The molecule has 0 bridgehead atoms. The summed E-state index contributed by atoms with van der Waals surface area (Å²) in [5, 5.41) is 5.25. The molecule has 1 fully saturated rings. The van der Waals surface area contributed by atoms with Crippen LogP contribution in [-0.4, -0.2) is 39.8 Å². The lowest BCUT2D eigenvalue weighted by Crippen LogP contribution is -2.49. The van der Waals surface area contributed by atoms with E-state index >= 15 is 0 Å². The molecule has 8 heteroatoms. The summed E-state index contributed by atoms with van der Waals surface area (Å²) >= 11 is 1.55. The van der Waals surface area contributed by atoms with Crippen molar-refractivity contribution in [1.82, 2.24) is 19.6 Å². The molecule has 1 aromatic carbocycles. The highest BCUT2D eigenvalue weighted by molar-refractivity contribution is 7.15. The summed E-state index contributed by atoms with van der Waals surface area (Å²) in [5.74, 6) is -0.253. The number of hydrogen-bond donors (Lipinski definition) is 1. The second kappa shape index (κ2) is 7.51. The highest BCUT2D eigenvalue weighted by Crippen LogP contribution is 2.24. The van der Waals surface area contributed by atoms with Gasteiger partial charge in [0.1, 0.15) is 5.82 Å². The number of thiazole rings is 1. The second-order valence-corrected chi connectivity index (χ2v) is 6.74. The van der Waals surface area contributed by atoms with Gasteiger partial charge in [-0.25, -0.2) is 9.37 Å². The number of nitrogens with one attached hydrogen (secondary N) is 1. The van der Waals surface area contributed by atoms with Crippen molar-refractivity contribution in [2.24, 2.45) is 0 Å². The number of fused-ring (bicyclic) bond motifs is 1. The van der Waals surface area contributed by atoms with Gasteiger partial charge in [-0.2, -0.15) is 0 Å². The largest absolute Gasteiger partial charge is 0.333 e. The van der Waals surface area contributed by atoms with Crippen molar-refractivity contribution < 1.29 is 9.18 Å². The SMILES string of the molecule is Cl.O=C(Cc1cn2ccsc2n1)N1CCNCC1c1cccc(F)c1. The Hall–Kier alpha value is -1.96. The van der Waals surface area contributed by atoms with E-state index in [2.05, 4.69) is 10.3 Å². The first-order valence-electron chi connectivity index (χ1n) is 7.87. The standard InChI is InChI=1S/C17H17FN4OS.ClH/c18-13-3-1-2-12(8-13)15-10-19-4-5-22(15)16(23)9-14-11-21-6-7-24-17(21)20-14;/h1-3,6-8,11,15,19H,4-5,9-10H2;1H. The quantitative estimate of drug-likeness (QED) is 0.760. The minimum atomic E-state index is -0.278. The minimum absolute atomic E-state index is 0. The van der Waals surface area contributed by atoms with E-state index in [4.69, 9.17) is 0 Å². The maximum absolute atomic E-state index is 13.5. The van der Waals surface area contributed by atoms with Gasteiger partial charge >= 0.3 is 0 Å². The van der Waals surface area contributed by atoms with Crippen LogP contribution in [0, 0.1) is 5.82 Å². The number of aromatic nitrogens is 2. The normalized spacial score (nSPS) is 17.5. The first kappa shape index (κ1) is 17.8. The van der Waals surface area contributed by atoms with Crippen molar-refractivity contribution in [1.29, 1.82) is 0 Å². The average molecular weight is 381 g/mol. The highest BCUT2D eigenvalue weighted by atomic mass is 35.5. The van der Waals surface area contributed by atoms with Crippen LogP contribution in [0.4, 0.5) is 4.39 Å². The molecule has 3 aromatic rings. The number of carbonyl (C=O) groups excluding carboxylic acids is 1. The van der Waals surface area contributed by atoms with E-state index in [1.807, 2.05) is 33.1 Å². The molecule has 0 radical (unpaired) electrons. The number of rotatable bonds is 3. The van der Waals surface area contributed by atoms with Crippen LogP contribution < -0.4 is 5.32 Å². The van der Waals surface area contributed by atoms with E-state index in [1.165, 1.54) is 12.1 Å². The molecule has 1 aliphatic rings. The molecule has 0 spiro atoms. The molecule has 1 unspecified atom stereocenters. The van der Waals surface area contributed by atoms with Gasteiger partial charge in [0.05, 0.1) is 18.2 Å². The topological polar surface area (TPSA) is 49.6 Å².